The molecule has 0 spiro atoms. The molecule has 5 nitrogen and oxygen atoms in total. The Hall–Kier alpha value is -1.22. The molecule has 90 valence electrons. The minimum Gasteiger partial charge on any atom is -0.361 e. The summed E-state index contributed by atoms with van der Waals surface area (Å²) in [5.41, 5.74) is 0.852. The minimum atomic E-state index is -0.357. The van der Waals surface area contributed by atoms with Crippen molar-refractivity contribution in [2.75, 3.05) is 19.7 Å². The summed E-state index contributed by atoms with van der Waals surface area (Å²) in [6.45, 7) is 4.42. The van der Waals surface area contributed by atoms with E-state index in [-0.39, 0.29) is 6.10 Å². The van der Waals surface area contributed by atoms with E-state index in [4.69, 9.17) is 21.6 Å². The lowest BCUT2D eigenvalue weighted by Gasteiger charge is -2.28. The molecular formula is C11H13ClN4O. The van der Waals surface area contributed by atoms with E-state index >= 15 is 0 Å². The van der Waals surface area contributed by atoms with Gasteiger partial charge in [-0.2, -0.15) is 5.26 Å². The molecule has 0 N–H and O–H groups in total. The summed E-state index contributed by atoms with van der Waals surface area (Å²) in [6.07, 6.45) is -0.357. The van der Waals surface area contributed by atoms with Crippen LogP contribution in [0, 0.1) is 18.3 Å². The largest absolute Gasteiger partial charge is 0.361 e. The van der Waals surface area contributed by atoms with E-state index < -0.39 is 0 Å². The van der Waals surface area contributed by atoms with Crippen molar-refractivity contribution in [2.24, 2.45) is 0 Å². The zero-order valence-electron chi connectivity index (χ0n) is 9.56. The fourth-order valence-electron chi connectivity index (χ4n) is 1.78. The first-order chi connectivity index (χ1) is 8.17. The van der Waals surface area contributed by atoms with Gasteiger partial charge in [0.25, 0.3) is 0 Å². The first-order valence-electron chi connectivity index (χ1n) is 5.41. The molecule has 0 radical (unpaired) electrons. The van der Waals surface area contributed by atoms with Gasteiger partial charge in [0.15, 0.2) is 6.10 Å². The van der Waals surface area contributed by atoms with Crippen molar-refractivity contribution in [2.45, 2.75) is 19.6 Å². The van der Waals surface area contributed by atoms with Gasteiger partial charge in [0, 0.05) is 18.8 Å². The summed E-state index contributed by atoms with van der Waals surface area (Å²) in [5, 5.41) is 9.27. The highest BCUT2D eigenvalue weighted by Crippen LogP contribution is 2.11. The summed E-state index contributed by atoms with van der Waals surface area (Å²) in [7, 11) is 0. The SMILES string of the molecule is Cc1cc(Cl)nc(CN2CCOC(C#N)C2)n1. The Balaban J connectivity index is 2.03. The number of halogens is 1. The van der Waals surface area contributed by atoms with Gasteiger partial charge in [-0.1, -0.05) is 11.6 Å². The van der Waals surface area contributed by atoms with E-state index in [1.54, 1.807) is 6.07 Å². The Morgan fingerprint density at radius 1 is 1.65 bits per heavy atom. The summed E-state index contributed by atoms with van der Waals surface area (Å²) < 4.78 is 5.27. The Bertz CT molecular complexity index is 425. The van der Waals surface area contributed by atoms with Crippen molar-refractivity contribution in [1.82, 2.24) is 14.9 Å². The fraction of sp³-hybridized carbons (Fsp3) is 0.545. The van der Waals surface area contributed by atoms with Crippen molar-refractivity contribution < 1.29 is 4.74 Å². The molecule has 1 aliphatic rings. The maximum atomic E-state index is 8.81. The smallest absolute Gasteiger partial charge is 0.156 e. The van der Waals surface area contributed by atoms with Crippen LogP contribution in [0.25, 0.3) is 0 Å². The van der Waals surface area contributed by atoms with Crippen molar-refractivity contribution in [3.8, 4) is 6.07 Å². The topological polar surface area (TPSA) is 62.0 Å². The normalized spacial score (nSPS) is 21.1. The number of aromatic nitrogens is 2. The third-order valence-electron chi connectivity index (χ3n) is 2.53. The highest BCUT2D eigenvalue weighted by Gasteiger charge is 2.20. The van der Waals surface area contributed by atoms with Gasteiger partial charge in [0.2, 0.25) is 0 Å². The van der Waals surface area contributed by atoms with Crippen LogP contribution in [0.3, 0.4) is 0 Å². The average molecular weight is 253 g/mol. The molecule has 0 aliphatic carbocycles. The summed E-state index contributed by atoms with van der Waals surface area (Å²) in [5.74, 6) is 0.689. The zero-order valence-corrected chi connectivity index (χ0v) is 10.3. The van der Waals surface area contributed by atoms with Gasteiger partial charge in [-0.25, -0.2) is 9.97 Å². The molecule has 1 atom stereocenters. The molecule has 1 aliphatic heterocycles. The molecule has 0 amide bonds. The predicted molar refractivity (Wildman–Crippen MR) is 62.4 cm³/mol. The van der Waals surface area contributed by atoms with Crippen LogP contribution in [0.15, 0.2) is 6.07 Å². The molecule has 17 heavy (non-hydrogen) atoms. The molecule has 1 aromatic heterocycles. The van der Waals surface area contributed by atoms with Crippen LogP contribution in [0.4, 0.5) is 0 Å². The molecule has 2 rings (SSSR count). The van der Waals surface area contributed by atoms with Gasteiger partial charge in [0.1, 0.15) is 11.0 Å². The van der Waals surface area contributed by atoms with Crippen LogP contribution in [0.2, 0.25) is 5.15 Å². The monoisotopic (exact) mass is 252 g/mol. The Labute approximate surface area is 105 Å². The van der Waals surface area contributed by atoms with Crippen molar-refractivity contribution >= 4 is 11.6 Å². The average Bonchev–Trinajstić information content (AvgIpc) is 2.28. The number of nitriles is 1. The summed E-state index contributed by atoms with van der Waals surface area (Å²) >= 11 is 5.88. The van der Waals surface area contributed by atoms with Crippen LogP contribution in [-0.2, 0) is 11.3 Å². The quantitative estimate of drug-likeness (QED) is 0.740. The molecule has 1 fully saturated rings. The lowest BCUT2D eigenvalue weighted by molar-refractivity contribution is -0.00360. The minimum absolute atomic E-state index is 0.357. The number of aryl methyl sites for hydroxylation is 1. The molecule has 0 saturated carbocycles. The molecule has 1 saturated heterocycles. The lowest BCUT2D eigenvalue weighted by atomic mass is 10.3. The highest BCUT2D eigenvalue weighted by molar-refractivity contribution is 6.29. The number of morpholine rings is 1. The van der Waals surface area contributed by atoms with Crippen molar-refractivity contribution in [1.29, 1.82) is 5.26 Å². The lowest BCUT2D eigenvalue weighted by Crippen LogP contribution is -2.41. The molecule has 1 unspecified atom stereocenters. The predicted octanol–water partition coefficient (Wildman–Crippen LogP) is 1.16. The second-order valence-electron chi connectivity index (χ2n) is 3.97. The third kappa shape index (κ3) is 3.37. The molecule has 0 bridgehead atoms. The number of nitrogens with zero attached hydrogens (tertiary/aromatic N) is 4. The number of rotatable bonds is 2. The molecule has 1 aromatic rings. The van der Waals surface area contributed by atoms with Gasteiger partial charge < -0.3 is 4.74 Å². The van der Waals surface area contributed by atoms with E-state index in [0.29, 0.717) is 30.7 Å². The second kappa shape index (κ2) is 5.41. The maximum Gasteiger partial charge on any atom is 0.156 e. The van der Waals surface area contributed by atoms with Crippen LogP contribution < -0.4 is 0 Å². The Kier molecular flexibility index (Phi) is 3.89. The van der Waals surface area contributed by atoms with Gasteiger partial charge in [-0.15, -0.1) is 0 Å². The van der Waals surface area contributed by atoms with E-state index in [2.05, 4.69) is 20.9 Å². The van der Waals surface area contributed by atoms with Crippen LogP contribution in [0.5, 0.6) is 0 Å². The third-order valence-corrected chi connectivity index (χ3v) is 2.72. The summed E-state index contributed by atoms with van der Waals surface area (Å²) in [4.78, 5) is 10.6. The van der Waals surface area contributed by atoms with E-state index in [1.807, 2.05) is 6.92 Å². The molecule has 2 heterocycles. The second-order valence-corrected chi connectivity index (χ2v) is 4.36. The standard InChI is InChI=1S/C11H13ClN4O/c1-8-4-10(12)15-11(14-8)7-16-2-3-17-9(5-13)6-16/h4,9H,2-3,6-7H2,1H3. The number of ether oxygens (including phenoxy) is 1. The molecule has 0 aromatic carbocycles. The van der Waals surface area contributed by atoms with E-state index in [0.717, 1.165) is 12.2 Å². The Morgan fingerprint density at radius 2 is 2.47 bits per heavy atom. The van der Waals surface area contributed by atoms with Crippen LogP contribution in [0.1, 0.15) is 11.5 Å². The van der Waals surface area contributed by atoms with Crippen LogP contribution in [-0.4, -0.2) is 40.7 Å². The maximum absolute atomic E-state index is 8.81. The summed E-state index contributed by atoms with van der Waals surface area (Å²) in [6, 6.07) is 3.84. The van der Waals surface area contributed by atoms with Gasteiger partial charge >= 0.3 is 0 Å². The Morgan fingerprint density at radius 3 is 3.18 bits per heavy atom. The first-order valence-corrected chi connectivity index (χ1v) is 5.79. The first kappa shape index (κ1) is 12.2. The van der Waals surface area contributed by atoms with Crippen molar-refractivity contribution in [3.63, 3.8) is 0 Å². The van der Waals surface area contributed by atoms with E-state index in [9.17, 15) is 0 Å². The van der Waals surface area contributed by atoms with Gasteiger partial charge in [0.05, 0.1) is 19.2 Å². The molecule has 6 heteroatoms. The number of hydrogen-bond donors (Lipinski definition) is 0. The highest BCUT2D eigenvalue weighted by atomic mass is 35.5. The molecular weight excluding hydrogens is 240 g/mol. The van der Waals surface area contributed by atoms with Crippen LogP contribution >= 0.6 is 11.6 Å². The fourth-order valence-corrected chi connectivity index (χ4v) is 2.04. The number of hydrogen-bond acceptors (Lipinski definition) is 5. The van der Waals surface area contributed by atoms with Crippen molar-refractivity contribution in [3.05, 3.63) is 22.7 Å². The van der Waals surface area contributed by atoms with E-state index in [1.165, 1.54) is 0 Å². The van der Waals surface area contributed by atoms with Gasteiger partial charge in [-0.05, 0) is 13.0 Å². The zero-order chi connectivity index (χ0) is 12.3. The van der Waals surface area contributed by atoms with Gasteiger partial charge in [-0.3, -0.25) is 4.90 Å².